The first-order chi connectivity index (χ1) is 14.7. The molecule has 1 saturated heterocycles. The first kappa shape index (κ1) is 24.7. The topological polar surface area (TPSA) is 86.5 Å². The third kappa shape index (κ3) is 7.25. The molecule has 1 aromatic rings. The number of alkyl halides is 3. The summed E-state index contributed by atoms with van der Waals surface area (Å²) in [6, 6.07) is 3.88. The van der Waals surface area contributed by atoms with Crippen molar-refractivity contribution in [2.45, 2.75) is 19.2 Å². The Labute approximate surface area is 183 Å². The number of hydrogen-bond acceptors (Lipinski definition) is 6. The van der Waals surface area contributed by atoms with Gasteiger partial charge in [-0.25, -0.2) is 4.99 Å². The Morgan fingerprint density at radius 1 is 1.42 bits per heavy atom. The Morgan fingerprint density at radius 2 is 2.10 bits per heavy atom. The largest absolute Gasteiger partial charge is 0.573 e. The number of piperidine rings is 1. The van der Waals surface area contributed by atoms with Crippen molar-refractivity contribution in [2.24, 2.45) is 15.9 Å². The van der Waals surface area contributed by atoms with Crippen molar-refractivity contribution in [3.05, 3.63) is 40.7 Å². The van der Waals surface area contributed by atoms with Gasteiger partial charge in [-0.2, -0.15) is 0 Å². The molecule has 1 amide bonds. The van der Waals surface area contributed by atoms with E-state index in [4.69, 9.17) is 16.7 Å². The van der Waals surface area contributed by atoms with E-state index in [1.165, 1.54) is 19.2 Å². The fraction of sp³-hybridized carbons (Fsp3) is 0.450. The predicted octanol–water partition coefficient (Wildman–Crippen LogP) is 3.02. The van der Waals surface area contributed by atoms with Crippen LogP contribution < -0.4 is 10.1 Å². The van der Waals surface area contributed by atoms with E-state index >= 15 is 0 Å². The Hall–Kier alpha value is -2.59. The van der Waals surface area contributed by atoms with Gasteiger partial charge in [0, 0.05) is 44.2 Å². The third-order valence-electron chi connectivity index (χ3n) is 4.72. The maximum atomic E-state index is 12.4. The lowest BCUT2D eigenvalue weighted by Gasteiger charge is -2.32. The summed E-state index contributed by atoms with van der Waals surface area (Å²) in [4.78, 5) is 22.2. The second-order valence-corrected chi connectivity index (χ2v) is 7.15. The van der Waals surface area contributed by atoms with Crippen LogP contribution in [0, 0.1) is 5.92 Å². The van der Waals surface area contributed by atoms with Crippen LogP contribution in [0.4, 0.5) is 13.2 Å². The minimum absolute atomic E-state index is 0.0857. The number of carbonyl (C=O) groups excluding carboxylic acids is 1. The second kappa shape index (κ2) is 11.1. The third-order valence-corrected chi connectivity index (χ3v) is 5.02. The molecular weight excluding hydrogens is 437 g/mol. The van der Waals surface area contributed by atoms with E-state index in [1.54, 1.807) is 6.08 Å². The minimum atomic E-state index is -4.84. The molecule has 2 N–H and O–H groups in total. The molecule has 31 heavy (non-hydrogen) atoms. The van der Waals surface area contributed by atoms with Crippen molar-refractivity contribution in [3.63, 3.8) is 0 Å². The summed E-state index contributed by atoms with van der Waals surface area (Å²) < 4.78 is 41.2. The Morgan fingerprint density at radius 3 is 2.61 bits per heavy atom. The number of carbonyl (C=O) groups is 1. The van der Waals surface area contributed by atoms with Crippen LogP contribution in [0.5, 0.6) is 5.75 Å². The number of halogens is 4. The Balaban J connectivity index is 2.12. The zero-order chi connectivity index (χ0) is 23.0. The quantitative estimate of drug-likeness (QED) is 0.584. The number of aliphatic hydroxyl groups is 1. The minimum Gasteiger partial charge on any atom is -0.404 e. The van der Waals surface area contributed by atoms with E-state index in [1.807, 2.05) is 4.90 Å². The highest BCUT2D eigenvalue weighted by atomic mass is 35.5. The van der Waals surface area contributed by atoms with Crippen LogP contribution in [-0.4, -0.2) is 68.0 Å². The summed E-state index contributed by atoms with van der Waals surface area (Å²) in [6.07, 6.45) is -1.96. The van der Waals surface area contributed by atoms with Crippen molar-refractivity contribution in [3.8, 4) is 5.75 Å². The molecule has 7 nitrogen and oxygen atoms in total. The van der Waals surface area contributed by atoms with Gasteiger partial charge in [-0.3, -0.25) is 9.79 Å². The molecule has 0 saturated carbocycles. The lowest BCUT2D eigenvalue weighted by atomic mass is 9.96. The summed E-state index contributed by atoms with van der Waals surface area (Å²) in [7, 11) is 1.54. The van der Waals surface area contributed by atoms with E-state index in [0.717, 1.165) is 6.07 Å². The van der Waals surface area contributed by atoms with Crippen LogP contribution in [0.15, 0.2) is 40.1 Å². The lowest BCUT2D eigenvalue weighted by Crippen LogP contribution is -2.40. The van der Waals surface area contributed by atoms with Crippen LogP contribution in [0.3, 0.4) is 0 Å². The average Bonchev–Trinajstić information content (AvgIpc) is 2.74. The summed E-state index contributed by atoms with van der Waals surface area (Å²) in [6.45, 7) is 4.85. The van der Waals surface area contributed by atoms with Crippen LogP contribution in [0.2, 0.25) is 5.02 Å². The SMILES string of the molecule is C=N/C(=C\C(=NC)c1ccc(OC(F)(F)F)c(Cl)c1)N1CCC(C(=O)NCCO)CC1. The number of nitrogens with one attached hydrogen (secondary N) is 1. The maximum Gasteiger partial charge on any atom is 0.573 e. The smallest absolute Gasteiger partial charge is 0.404 e. The molecule has 11 heteroatoms. The van der Waals surface area contributed by atoms with Gasteiger partial charge in [0.2, 0.25) is 5.91 Å². The average molecular weight is 461 g/mol. The lowest BCUT2D eigenvalue weighted by molar-refractivity contribution is -0.274. The van der Waals surface area contributed by atoms with Crippen molar-refractivity contribution < 1.29 is 27.8 Å². The van der Waals surface area contributed by atoms with E-state index in [-0.39, 0.29) is 30.0 Å². The molecule has 0 radical (unpaired) electrons. The molecule has 1 aliphatic heterocycles. The molecule has 0 unspecified atom stereocenters. The number of allylic oxidation sites excluding steroid dienone is 1. The fourth-order valence-electron chi connectivity index (χ4n) is 3.20. The van der Waals surface area contributed by atoms with E-state index in [2.05, 4.69) is 26.8 Å². The number of aliphatic imine (C=N–C) groups is 2. The number of hydrogen-bond donors (Lipinski definition) is 2. The highest BCUT2D eigenvalue weighted by molar-refractivity contribution is 6.32. The van der Waals surface area contributed by atoms with Crippen molar-refractivity contribution >= 4 is 29.9 Å². The van der Waals surface area contributed by atoms with Gasteiger partial charge in [-0.15, -0.1) is 13.2 Å². The van der Waals surface area contributed by atoms with Gasteiger partial charge >= 0.3 is 6.36 Å². The fourth-order valence-corrected chi connectivity index (χ4v) is 3.42. The van der Waals surface area contributed by atoms with E-state index in [0.29, 0.717) is 43.0 Å². The predicted molar refractivity (Wildman–Crippen MR) is 113 cm³/mol. The summed E-state index contributed by atoms with van der Waals surface area (Å²) >= 11 is 5.94. The highest BCUT2D eigenvalue weighted by Gasteiger charge is 2.32. The van der Waals surface area contributed by atoms with Crippen molar-refractivity contribution in [2.75, 3.05) is 33.3 Å². The highest BCUT2D eigenvalue weighted by Crippen LogP contribution is 2.31. The van der Waals surface area contributed by atoms with Gasteiger partial charge in [-0.05, 0) is 37.8 Å². The monoisotopic (exact) mass is 460 g/mol. The van der Waals surface area contributed by atoms with Crippen LogP contribution in [-0.2, 0) is 4.79 Å². The standard InChI is InChI=1S/C20H24ClF3N4O3/c1-25-16(14-3-4-17(15(21)11-14)31-20(22,23)24)12-18(26-2)28-8-5-13(6-9-28)19(30)27-7-10-29/h3-4,11-13,29H,2,5-10H2,1H3,(H,27,30)/b18-12+,25-16?. The zero-order valence-electron chi connectivity index (χ0n) is 17.0. The number of nitrogens with zero attached hydrogens (tertiary/aromatic N) is 3. The molecular formula is C20H24ClF3N4O3. The first-order valence-corrected chi connectivity index (χ1v) is 9.90. The number of benzene rings is 1. The number of amides is 1. The van der Waals surface area contributed by atoms with E-state index < -0.39 is 12.1 Å². The molecule has 0 bridgehead atoms. The molecule has 0 aliphatic carbocycles. The Bertz CT molecular complexity index is 851. The summed E-state index contributed by atoms with van der Waals surface area (Å²) in [5, 5.41) is 11.3. The van der Waals surface area contributed by atoms with Gasteiger partial charge in [0.1, 0.15) is 11.6 Å². The number of likely N-dealkylation sites (tertiary alicyclic amines) is 1. The van der Waals surface area contributed by atoms with Gasteiger partial charge in [0.05, 0.1) is 17.3 Å². The molecule has 170 valence electrons. The summed E-state index contributed by atoms with van der Waals surface area (Å²) in [5.41, 5.74) is 0.937. The molecule has 0 aromatic heterocycles. The second-order valence-electron chi connectivity index (χ2n) is 6.74. The number of aliphatic hydroxyl groups excluding tert-OH is 1. The molecule has 1 aliphatic rings. The van der Waals surface area contributed by atoms with Crippen LogP contribution in [0.25, 0.3) is 0 Å². The Kier molecular flexibility index (Phi) is 8.88. The van der Waals surface area contributed by atoms with Gasteiger partial charge in [0.15, 0.2) is 0 Å². The normalized spacial score (nSPS) is 16.3. The first-order valence-electron chi connectivity index (χ1n) is 9.53. The van der Waals surface area contributed by atoms with Gasteiger partial charge in [0.25, 0.3) is 0 Å². The van der Waals surface area contributed by atoms with Crippen molar-refractivity contribution in [1.29, 1.82) is 0 Å². The molecule has 1 heterocycles. The molecule has 2 rings (SSSR count). The van der Waals surface area contributed by atoms with E-state index in [9.17, 15) is 18.0 Å². The van der Waals surface area contributed by atoms with Gasteiger partial charge in [-0.1, -0.05) is 11.6 Å². The molecule has 0 atom stereocenters. The van der Waals surface area contributed by atoms with Crippen molar-refractivity contribution in [1.82, 2.24) is 10.2 Å². The zero-order valence-corrected chi connectivity index (χ0v) is 17.7. The molecule has 0 spiro atoms. The molecule has 1 aromatic carbocycles. The number of rotatable bonds is 8. The number of ether oxygens (including phenoxy) is 1. The van der Waals surface area contributed by atoms with Gasteiger partial charge < -0.3 is 20.1 Å². The van der Waals surface area contributed by atoms with Crippen LogP contribution in [0.1, 0.15) is 18.4 Å². The summed E-state index contributed by atoms with van der Waals surface area (Å²) in [5.74, 6) is -0.201. The van der Waals surface area contributed by atoms with Crippen LogP contribution >= 0.6 is 11.6 Å². The maximum absolute atomic E-state index is 12.4. The molecule has 1 fully saturated rings.